The maximum atomic E-state index is 8.81. The van der Waals surface area contributed by atoms with Crippen LogP contribution in [-0.2, 0) is 9.47 Å². The molecule has 1 N–H and O–H groups in total. The SMILES string of the molecule is C=C[C@@H](CCO)[C@@H]1COC(C)(C)O1. The molecule has 3 heteroatoms. The zero-order valence-corrected chi connectivity index (χ0v) is 8.32. The van der Waals surface area contributed by atoms with E-state index in [-0.39, 0.29) is 18.6 Å². The molecule has 3 nitrogen and oxygen atoms in total. The number of aliphatic hydroxyl groups is 1. The van der Waals surface area contributed by atoms with Crippen molar-refractivity contribution >= 4 is 0 Å². The quantitative estimate of drug-likeness (QED) is 0.673. The Hall–Kier alpha value is -0.380. The third kappa shape index (κ3) is 2.79. The normalized spacial score (nSPS) is 28.7. The molecule has 0 saturated carbocycles. The summed E-state index contributed by atoms with van der Waals surface area (Å²) < 4.78 is 11.1. The van der Waals surface area contributed by atoms with E-state index in [4.69, 9.17) is 14.6 Å². The minimum Gasteiger partial charge on any atom is -0.396 e. The van der Waals surface area contributed by atoms with E-state index in [1.54, 1.807) is 0 Å². The van der Waals surface area contributed by atoms with Gasteiger partial charge in [-0.25, -0.2) is 0 Å². The molecular formula is C10H18O3. The number of ether oxygens (including phenoxy) is 2. The molecule has 0 aromatic rings. The predicted octanol–water partition coefficient (Wildman–Crippen LogP) is 1.32. The molecule has 1 aliphatic heterocycles. The first-order valence-corrected chi connectivity index (χ1v) is 4.64. The molecule has 0 aliphatic carbocycles. The number of hydrogen-bond acceptors (Lipinski definition) is 3. The topological polar surface area (TPSA) is 38.7 Å². The summed E-state index contributed by atoms with van der Waals surface area (Å²) in [5.74, 6) is -0.298. The molecule has 1 heterocycles. The monoisotopic (exact) mass is 186 g/mol. The molecule has 0 radical (unpaired) electrons. The zero-order chi connectivity index (χ0) is 9.90. The van der Waals surface area contributed by atoms with Gasteiger partial charge in [0.2, 0.25) is 0 Å². The van der Waals surface area contributed by atoms with Crippen LogP contribution in [0.1, 0.15) is 20.3 Å². The van der Waals surface area contributed by atoms with E-state index in [9.17, 15) is 0 Å². The third-order valence-electron chi connectivity index (χ3n) is 2.27. The minimum absolute atomic E-state index is 0.0413. The highest BCUT2D eigenvalue weighted by Gasteiger charge is 2.35. The van der Waals surface area contributed by atoms with Gasteiger partial charge in [-0.3, -0.25) is 0 Å². The summed E-state index contributed by atoms with van der Waals surface area (Å²) in [4.78, 5) is 0. The molecule has 76 valence electrons. The lowest BCUT2D eigenvalue weighted by atomic mass is 10.00. The summed E-state index contributed by atoms with van der Waals surface area (Å²) in [7, 11) is 0. The Morgan fingerprint density at radius 3 is 2.77 bits per heavy atom. The van der Waals surface area contributed by atoms with Gasteiger partial charge in [-0.15, -0.1) is 6.58 Å². The highest BCUT2D eigenvalue weighted by Crippen LogP contribution is 2.28. The molecule has 0 aromatic heterocycles. The molecule has 0 unspecified atom stereocenters. The third-order valence-corrected chi connectivity index (χ3v) is 2.27. The molecule has 0 aromatic carbocycles. The summed E-state index contributed by atoms with van der Waals surface area (Å²) in [6.45, 7) is 8.27. The van der Waals surface area contributed by atoms with Gasteiger partial charge in [-0.05, 0) is 20.3 Å². The average Bonchev–Trinajstić information content (AvgIpc) is 2.42. The Kier molecular flexibility index (Phi) is 3.47. The number of hydrogen-bond donors (Lipinski definition) is 1. The molecule has 1 aliphatic rings. The van der Waals surface area contributed by atoms with Crippen molar-refractivity contribution in [3.8, 4) is 0 Å². The van der Waals surface area contributed by atoms with Crippen LogP contribution in [0.5, 0.6) is 0 Å². The average molecular weight is 186 g/mol. The van der Waals surface area contributed by atoms with E-state index in [0.717, 1.165) is 0 Å². The summed E-state index contributed by atoms with van der Waals surface area (Å²) in [6, 6.07) is 0. The molecule has 1 rings (SSSR count). The van der Waals surface area contributed by atoms with Crippen LogP contribution < -0.4 is 0 Å². The Balaban J connectivity index is 2.47. The first-order valence-electron chi connectivity index (χ1n) is 4.64. The Bertz CT molecular complexity index is 177. The van der Waals surface area contributed by atoms with Crippen LogP contribution in [-0.4, -0.2) is 30.2 Å². The van der Waals surface area contributed by atoms with E-state index in [1.165, 1.54) is 0 Å². The van der Waals surface area contributed by atoms with Gasteiger partial charge in [0.1, 0.15) is 0 Å². The van der Waals surface area contributed by atoms with Crippen LogP contribution in [0.2, 0.25) is 0 Å². The Labute approximate surface area is 79.3 Å². The van der Waals surface area contributed by atoms with Crippen molar-refractivity contribution in [1.82, 2.24) is 0 Å². The van der Waals surface area contributed by atoms with Crippen molar-refractivity contribution < 1.29 is 14.6 Å². The number of rotatable bonds is 4. The van der Waals surface area contributed by atoms with E-state index >= 15 is 0 Å². The van der Waals surface area contributed by atoms with Crippen molar-refractivity contribution in [3.05, 3.63) is 12.7 Å². The van der Waals surface area contributed by atoms with Crippen LogP contribution in [0.15, 0.2) is 12.7 Å². The molecule has 1 saturated heterocycles. The number of aliphatic hydroxyl groups excluding tert-OH is 1. The largest absolute Gasteiger partial charge is 0.396 e. The molecule has 0 amide bonds. The van der Waals surface area contributed by atoms with Gasteiger partial charge in [0, 0.05) is 12.5 Å². The van der Waals surface area contributed by atoms with Crippen LogP contribution in [0, 0.1) is 5.92 Å². The minimum atomic E-state index is -0.485. The van der Waals surface area contributed by atoms with E-state index in [0.29, 0.717) is 13.0 Å². The standard InChI is InChI=1S/C10H18O3/c1-4-8(5-6-11)9-7-12-10(2,3)13-9/h4,8-9,11H,1,5-7H2,2-3H3/t8-,9-/m0/s1. The molecular weight excluding hydrogens is 168 g/mol. The lowest BCUT2D eigenvalue weighted by molar-refractivity contribution is -0.142. The van der Waals surface area contributed by atoms with E-state index in [1.807, 2.05) is 19.9 Å². The van der Waals surface area contributed by atoms with Crippen molar-refractivity contribution in [2.24, 2.45) is 5.92 Å². The lowest BCUT2D eigenvalue weighted by Gasteiger charge is -2.21. The molecule has 2 atom stereocenters. The van der Waals surface area contributed by atoms with Gasteiger partial charge in [0.05, 0.1) is 12.7 Å². The van der Waals surface area contributed by atoms with Gasteiger partial charge in [-0.2, -0.15) is 0 Å². The molecule has 1 fully saturated rings. The van der Waals surface area contributed by atoms with E-state index < -0.39 is 5.79 Å². The summed E-state index contributed by atoms with van der Waals surface area (Å²) >= 11 is 0. The second-order valence-electron chi connectivity index (χ2n) is 3.78. The summed E-state index contributed by atoms with van der Waals surface area (Å²) in [6.07, 6.45) is 2.55. The molecule has 0 spiro atoms. The van der Waals surface area contributed by atoms with E-state index in [2.05, 4.69) is 6.58 Å². The van der Waals surface area contributed by atoms with Crippen molar-refractivity contribution in [2.75, 3.05) is 13.2 Å². The predicted molar refractivity (Wildman–Crippen MR) is 50.3 cm³/mol. The lowest BCUT2D eigenvalue weighted by Crippen LogP contribution is -2.26. The fraction of sp³-hybridized carbons (Fsp3) is 0.800. The van der Waals surface area contributed by atoms with Crippen LogP contribution in [0.3, 0.4) is 0 Å². The van der Waals surface area contributed by atoms with Crippen LogP contribution >= 0.6 is 0 Å². The second-order valence-corrected chi connectivity index (χ2v) is 3.78. The second kappa shape index (κ2) is 4.22. The first-order chi connectivity index (χ1) is 6.09. The highest BCUT2D eigenvalue weighted by atomic mass is 16.7. The Morgan fingerprint density at radius 1 is 1.69 bits per heavy atom. The van der Waals surface area contributed by atoms with Gasteiger partial charge in [0.25, 0.3) is 0 Å². The van der Waals surface area contributed by atoms with Gasteiger partial charge < -0.3 is 14.6 Å². The Morgan fingerprint density at radius 2 is 2.38 bits per heavy atom. The summed E-state index contributed by atoms with van der Waals surface area (Å²) in [5, 5.41) is 8.81. The van der Waals surface area contributed by atoms with Gasteiger partial charge in [-0.1, -0.05) is 6.08 Å². The summed E-state index contributed by atoms with van der Waals surface area (Å²) in [5.41, 5.74) is 0. The van der Waals surface area contributed by atoms with Gasteiger partial charge >= 0.3 is 0 Å². The van der Waals surface area contributed by atoms with Crippen molar-refractivity contribution in [2.45, 2.75) is 32.2 Å². The molecule has 13 heavy (non-hydrogen) atoms. The van der Waals surface area contributed by atoms with Crippen LogP contribution in [0.4, 0.5) is 0 Å². The van der Waals surface area contributed by atoms with Gasteiger partial charge in [0.15, 0.2) is 5.79 Å². The van der Waals surface area contributed by atoms with Crippen molar-refractivity contribution in [1.29, 1.82) is 0 Å². The fourth-order valence-corrected chi connectivity index (χ4v) is 1.53. The smallest absolute Gasteiger partial charge is 0.163 e. The maximum absolute atomic E-state index is 8.81. The van der Waals surface area contributed by atoms with Crippen LogP contribution in [0.25, 0.3) is 0 Å². The fourth-order valence-electron chi connectivity index (χ4n) is 1.53. The van der Waals surface area contributed by atoms with Crippen molar-refractivity contribution in [3.63, 3.8) is 0 Å². The maximum Gasteiger partial charge on any atom is 0.163 e. The zero-order valence-electron chi connectivity index (χ0n) is 8.32. The highest BCUT2D eigenvalue weighted by molar-refractivity contribution is 4.88. The first kappa shape index (κ1) is 10.7. The molecule has 0 bridgehead atoms.